The molecular weight excluding hydrogens is 348 g/mol. The van der Waals surface area contributed by atoms with Crippen molar-refractivity contribution in [3.8, 4) is 11.8 Å². The third-order valence-corrected chi connectivity index (χ3v) is 4.70. The molecule has 0 spiro atoms. The molecule has 0 aromatic carbocycles. The second kappa shape index (κ2) is 7.70. The van der Waals surface area contributed by atoms with Gasteiger partial charge in [0.1, 0.15) is 11.7 Å². The van der Waals surface area contributed by atoms with Gasteiger partial charge in [0.2, 0.25) is 17.7 Å². The van der Waals surface area contributed by atoms with Crippen molar-refractivity contribution < 1.29 is 19.1 Å². The lowest BCUT2D eigenvalue weighted by atomic mass is 9.86. The van der Waals surface area contributed by atoms with Crippen LogP contribution in [0, 0.1) is 11.3 Å². The van der Waals surface area contributed by atoms with Crippen LogP contribution in [0.1, 0.15) is 58.1 Å². The third kappa shape index (κ3) is 5.30. The maximum atomic E-state index is 12.3. The average Bonchev–Trinajstić information content (AvgIpc) is 3.50. The Hall–Kier alpha value is -2.38. The summed E-state index contributed by atoms with van der Waals surface area (Å²) in [6.07, 6.45) is 5.20. The predicted molar refractivity (Wildman–Crippen MR) is 98.7 cm³/mol. The molecule has 148 valence electrons. The molecule has 8 heteroatoms. The van der Waals surface area contributed by atoms with Gasteiger partial charge in [-0.15, -0.1) is 0 Å². The molecule has 2 amide bonds. The Morgan fingerprint density at radius 3 is 2.52 bits per heavy atom. The largest absolute Gasteiger partial charge is 0.476 e. The molecule has 27 heavy (non-hydrogen) atoms. The maximum Gasteiger partial charge on any atom is 0.414 e. The van der Waals surface area contributed by atoms with Gasteiger partial charge in [0.15, 0.2) is 0 Å². The second-order valence-electron chi connectivity index (χ2n) is 8.37. The Kier molecular flexibility index (Phi) is 5.53. The number of nitrogens with zero attached hydrogens (tertiary/aromatic N) is 2. The number of ether oxygens (including phenoxy) is 2. The first kappa shape index (κ1) is 19.4. The summed E-state index contributed by atoms with van der Waals surface area (Å²) in [6, 6.07) is -0.737. The molecule has 3 rings (SSSR count). The Morgan fingerprint density at radius 2 is 1.96 bits per heavy atom. The number of hydrogen-bond acceptors (Lipinski definition) is 6. The molecule has 8 nitrogen and oxygen atoms in total. The van der Waals surface area contributed by atoms with Crippen LogP contribution in [0.5, 0.6) is 11.8 Å². The average molecular weight is 376 g/mol. The van der Waals surface area contributed by atoms with Crippen LogP contribution in [-0.4, -0.2) is 41.7 Å². The summed E-state index contributed by atoms with van der Waals surface area (Å²) >= 11 is 0. The first-order valence-electron chi connectivity index (χ1n) is 9.47. The Labute approximate surface area is 159 Å². The predicted octanol–water partition coefficient (Wildman–Crippen LogP) is 2.39. The molecule has 0 bridgehead atoms. The molecule has 2 fully saturated rings. The van der Waals surface area contributed by atoms with E-state index in [0.717, 1.165) is 18.5 Å². The number of amides is 2. The zero-order valence-electron chi connectivity index (χ0n) is 16.4. The second-order valence-corrected chi connectivity index (χ2v) is 8.37. The Bertz CT molecular complexity index is 708. The van der Waals surface area contributed by atoms with Crippen LogP contribution in [-0.2, 0) is 4.79 Å². The van der Waals surface area contributed by atoms with Crippen LogP contribution in [0.3, 0.4) is 0 Å². The molecule has 2 aliphatic carbocycles. The first-order chi connectivity index (χ1) is 12.8. The van der Waals surface area contributed by atoms with E-state index in [4.69, 9.17) is 9.47 Å². The highest BCUT2D eigenvalue weighted by molar-refractivity contribution is 5.86. The molecule has 1 aromatic rings. The molecule has 1 aromatic heterocycles. The van der Waals surface area contributed by atoms with Gasteiger partial charge < -0.3 is 20.1 Å². The van der Waals surface area contributed by atoms with E-state index in [0.29, 0.717) is 24.3 Å². The van der Waals surface area contributed by atoms with Crippen LogP contribution in [0.15, 0.2) is 6.20 Å². The molecule has 2 N–H and O–H groups in total. The van der Waals surface area contributed by atoms with E-state index >= 15 is 0 Å². The van der Waals surface area contributed by atoms with Crippen molar-refractivity contribution in [3.63, 3.8) is 0 Å². The normalized spacial score (nSPS) is 17.8. The number of aromatic nitrogens is 2. The highest BCUT2D eigenvalue weighted by atomic mass is 16.6. The minimum atomic E-state index is -0.750. The van der Waals surface area contributed by atoms with Crippen LogP contribution >= 0.6 is 0 Å². The summed E-state index contributed by atoms with van der Waals surface area (Å²) in [5.74, 6) is 1.20. The van der Waals surface area contributed by atoms with Crippen molar-refractivity contribution in [3.05, 3.63) is 11.9 Å². The maximum absolute atomic E-state index is 12.3. The number of carbonyl (C=O) groups is 2. The van der Waals surface area contributed by atoms with Gasteiger partial charge in [0, 0.05) is 13.0 Å². The molecule has 0 unspecified atom stereocenters. The highest BCUT2D eigenvalue weighted by Gasteiger charge is 2.34. The van der Waals surface area contributed by atoms with E-state index in [9.17, 15) is 9.59 Å². The van der Waals surface area contributed by atoms with Crippen LogP contribution in [0.4, 0.5) is 4.79 Å². The van der Waals surface area contributed by atoms with Crippen LogP contribution < -0.4 is 20.1 Å². The summed E-state index contributed by atoms with van der Waals surface area (Å²) in [4.78, 5) is 33.1. The molecule has 2 aliphatic rings. The van der Waals surface area contributed by atoms with E-state index in [-0.39, 0.29) is 11.8 Å². The van der Waals surface area contributed by atoms with Gasteiger partial charge in [-0.05, 0) is 37.0 Å². The molecular formula is C19H28N4O4. The zero-order valence-corrected chi connectivity index (χ0v) is 16.4. The fourth-order valence-electron chi connectivity index (χ4n) is 2.70. The van der Waals surface area contributed by atoms with Crippen LogP contribution in [0.25, 0.3) is 0 Å². The van der Waals surface area contributed by atoms with E-state index in [1.807, 2.05) is 20.8 Å². The van der Waals surface area contributed by atoms with Crippen molar-refractivity contribution in [1.29, 1.82) is 0 Å². The molecule has 1 atom stereocenters. The highest BCUT2D eigenvalue weighted by Crippen LogP contribution is 2.43. The number of likely N-dealkylation sites (N-methyl/N-ethyl adjacent to an activating group) is 1. The molecule has 1 heterocycles. The summed E-state index contributed by atoms with van der Waals surface area (Å²) < 4.78 is 11.1. The van der Waals surface area contributed by atoms with Gasteiger partial charge in [0.25, 0.3) is 0 Å². The molecule has 2 saturated carbocycles. The van der Waals surface area contributed by atoms with E-state index in [1.54, 1.807) is 0 Å². The number of nitrogens with one attached hydrogen (secondary N) is 2. The fourth-order valence-corrected chi connectivity index (χ4v) is 2.70. The van der Waals surface area contributed by atoms with Gasteiger partial charge in [-0.3, -0.25) is 4.79 Å². The van der Waals surface area contributed by atoms with Gasteiger partial charge in [-0.2, -0.15) is 4.98 Å². The zero-order chi connectivity index (χ0) is 19.6. The van der Waals surface area contributed by atoms with Crippen molar-refractivity contribution in [1.82, 2.24) is 20.6 Å². The topological polar surface area (TPSA) is 102 Å². The van der Waals surface area contributed by atoms with Crippen molar-refractivity contribution in [2.45, 2.75) is 58.4 Å². The minimum absolute atomic E-state index is 0.0623. The number of rotatable bonds is 7. The molecule has 0 radical (unpaired) electrons. The smallest absolute Gasteiger partial charge is 0.414 e. The van der Waals surface area contributed by atoms with Crippen LogP contribution in [0.2, 0.25) is 0 Å². The minimum Gasteiger partial charge on any atom is -0.476 e. The summed E-state index contributed by atoms with van der Waals surface area (Å²) in [7, 11) is 1.53. The summed E-state index contributed by atoms with van der Waals surface area (Å²) in [5.41, 5.74) is 0.362. The van der Waals surface area contributed by atoms with Crippen molar-refractivity contribution >= 4 is 12.0 Å². The number of hydrogen-bond donors (Lipinski definition) is 2. The lowest BCUT2D eigenvalue weighted by Crippen LogP contribution is -2.53. The lowest BCUT2D eigenvalue weighted by Gasteiger charge is -2.29. The Morgan fingerprint density at radius 1 is 1.26 bits per heavy atom. The monoisotopic (exact) mass is 376 g/mol. The van der Waals surface area contributed by atoms with Gasteiger partial charge in [-0.25, -0.2) is 9.78 Å². The third-order valence-electron chi connectivity index (χ3n) is 4.70. The molecule has 0 saturated heterocycles. The lowest BCUT2D eigenvalue weighted by molar-refractivity contribution is -0.124. The summed E-state index contributed by atoms with van der Waals surface area (Å²) in [5, 5.41) is 5.16. The number of carbonyl (C=O) groups excluding carboxylic acids is 2. The quantitative estimate of drug-likeness (QED) is 0.757. The van der Waals surface area contributed by atoms with Gasteiger partial charge in [0.05, 0.1) is 12.8 Å². The van der Waals surface area contributed by atoms with Crippen molar-refractivity contribution in [2.75, 3.05) is 13.7 Å². The van der Waals surface area contributed by atoms with Crippen molar-refractivity contribution in [2.24, 2.45) is 11.3 Å². The van der Waals surface area contributed by atoms with E-state index in [2.05, 4.69) is 20.6 Å². The van der Waals surface area contributed by atoms with E-state index in [1.165, 1.54) is 26.1 Å². The van der Waals surface area contributed by atoms with Gasteiger partial charge in [-0.1, -0.05) is 20.8 Å². The first-order valence-corrected chi connectivity index (χ1v) is 9.47. The fraction of sp³-hybridized carbons (Fsp3) is 0.684. The Balaban J connectivity index is 1.67. The standard InChI is InChI=1S/C19H28N4O4/c1-19(2,3)15(16(24)20-4)23-18(25)27-13-9-21-14(12-7-8-12)17(22-13)26-10-11-5-6-11/h9,11-12,15H,5-8,10H2,1-4H3,(H,20,24)(H,23,25)/t15-/m1/s1. The SMILES string of the molecule is CNC(=O)[C@@H](NC(=O)Oc1cnc(C2CC2)c(OCC2CC2)n1)C(C)(C)C. The molecule has 0 aliphatic heterocycles. The van der Waals surface area contributed by atoms with E-state index < -0.39 is 17.6 Å². The van der Waals surface area contributed by atoms with Gasteiger partial charge >= 0.3 is 6.09 Å². The summed E-state index contributed by atoms with van der Waals surface area (Å²) in [6.45, 7) is 6.20.